The van der Waals surface area contributed by atoms with Crippen molar-refractivity contribution in [3.8, 4) is 0 Å². The molecule has 0 unspecified atom stereocenters. The van der Waals surface area contributed by atoms with Gasteiger partial charge in [-0.15, -0.1) is 0 Å². The summed E-state index contributed by atoms with van der Waals surface area (Å²) in [6, 6.07) is 9.83. The first-order valence-corrected chi connectivity index (χ1v) is 6.36. The third kappa shape index (κ3) is 4.22. The van der Waals surface area contributed by atoms with E-state index in [9.17, 15) is 4.79 Å². The fraction of sp³-hybridized carbons (Fsp3) is 0.467. The lowest BCUT2D eigenvalue weighted by Gasteiger charge is -2.20. The first kappa shape index (κ1) is 12.2. The summed E-state index contributed by atoms with van der Waals surface area (Å²) >= 11 is 0. The second-order valence-corrected chi connectivity index (χ2v) is 4.66. The maximum Gasteiger partial charge on any atom is 0.306 e. The lowest BCUT2D eigenvalue weighted by atomic mass is 9.87. The molecule has 0 aromatic heterocycles. The van der Waals surface area contributed by atoms with Gasteiger partial charge in [0.05, 0.1) is 0 Å². The van der Waals surface area contributed by atoms with E-state index in [0.717, 1.165) is 31.2 Å². The molecule has 1 radical (unpaired) electrons. The SMILES string of the molecule is O=C(CC1CC[CH]CC1)OCc1ccccc1. The van der Waals surface area contributed by atoms with Gasteiger partial charge < -0.3 is 4.74 Å². The van der Waals surface area contributed by atoms with Gasteiger partial charge in [0, 0.05) is 6.42 Å². The van der Waals surface area contributed by atoms with Crippen LogP contribution in [0.15, 0.2) is 30.3 Å². The molecule has 1 aromatic carbocycles. The topological polar surface area (TPSA) is 26.3 Å². The van der Waals surface area contributed by atoms with Crippen LogP contribution in [-0.2, 0) is 16.1 Å². The molecule has 2 rings (SSSR count). The number of hydrogen-bond acceptors (Lipinski definition) is 2. The summed E-state index contributed by atoms with van der Waals surface area (Å²) in [7, 11) is 0. The van der Waals surface area contributed by atoms with Gasteiger partial charge in [-0.1, -0.05) is 30.3 Å². The molecule has 0 amide bonds. The summed E-state index contributed by atoms with van der Waals surface area (Å²) in [5.74, 6) is 0.476. The molecule has 0 atom stereocenters. The van der Waals surface area contributed by atoms with Crippen molar-refractivity contribution in [2.45, 2.75) is 38.7 Å². The van der Waals surface area contributed by atoms with Crippen LogP contribution in [-0.4, -0.2) is 5.97 Å². The number of ether oxygens (including phenoxy) is 1. The van der Waals surface area contributed by atoms with E-state index in [4.69, 9.17) is 4.74 Å². The molecule has 2 nitrogen and oxygen atoms in total. The van der Waals surface area contributed by atoms with Gasteiger partial charge in [-0.3, -0.25) is 4.79 Å². The van der Waals surface area contributed by atoms with Crippen LogP contribution in [0, 0.1) is 12.3 Å². The van der Waals surface area contributed by atoms with Gasteiger partial charge in [-0.05, 0) is 43.6 Å². The van der Waals surface area contributed by atoms with Crippen LogP contribution in [0.4, 0.5) is 0 Å². The third-order valence-corrected chi connectivity index (χ3v) is 3.26. The minimum Gasteiger partial charge on any atom is -0.461 e. The average molecular weight is 231 g/mol. The molecule has 1 saturated carbocycles. The predicted molar refractivity (Wildman–Crippen MR) is 67.1 cm³/mol. The Kier molecular flexibility index (Phi) is 4.60. The van der Waals surface area contributed by atoms with Crippen molar-refractivity contribution < 1.29 is 9.53 Å². The Hall–Kier alpha value is -1.31. The second-order valence-electron chi connectivity index (χ2n) is 4.66. The highest BCUT2D eigenvalue weighted by Gasteiger charge is 2.17. The number of rotatable bonds is 4. The van der Waals surface area contributed by atoms with E-state index in [2.05, 4.69) is 6.42 Å². The van der Waals surface area contributed by atoms with Gasteiger partial charge >= 0.3 is 5.97 Å². The number of esters is 1. The van der Waals surface area contributed by atoms with Crippen LogP contribution < -0.4 is 0 Å². The number of carbonyl (C=O) groups excluding carboxylic acids is 1. The van der Waals surface area contributed by atoms with Crippen LogP contribution in [0.5, 0.6) is 0 Å². The average Bonchev–Trinajstić information content (AvgIpc) is 2.39. The molecule has 1 aliphatic carbocycles. The summed E-state index contributed by atoms with van der Waals surface area (Å²) in [4.78, 5) is 11.7. The van der Waals surface area contributed by atoms with Crippen molar-refractivity contribution >= 4 is 5.97 Å². The predicted octanol–water partition coefficient (Wildman–Crippen LogP) is 3.51. The molecule has 1 fully saturated rings. The van der Waals surface area contributed by atoms with E-state index in [1.165, 1.54) is 0 Å². The van der Waals surface area contributed by atoms with Crippen LogP contribution in [0.25, 0.3) is 0 Å². The van der Waals surface area contributed by atoms with E-state index >= 15 is 0 Å². The maximum atomic E-state index is 11.7. The Morgan fingerprint density at radius 2 is 1.88 bits per heavy atom. The molecule has 0 heterocycles. The second kappa shape index (κ2) is 6.43. The zero-order chi connectivity index (χ0) is 11.9. The van der Waals surface area contributed by atoms with Crippen molar-refractivity contribution in [1.29, 1.82) is 0 Å². The Morgan fingerprint density at radius 3 is 2.59 bits per heavy atom. The Bertz CT molecular complexity index is 339. The Balaban J connectivity index is 1.70. The quantitative estimate of drug-likeness (QED) is 0.741. The monoisotopic (exact) mass is 231 g/mol. The number of hydrogen-bond donors (Lipinski definition) is 0. The van der Waals surface area contributed by atoms with Crippen molar-refractivity contribution in [3.05, 3.63) is 42.3 Å². The largest absolute Gasteiger partial charge is 0.461 e. The van der Waals surface area contributed by atoms with Gasteiger partial charge in [0.25, 0.3) is 0 Å². The van der Waals surface area contributed by atoms with Crippen molar-refractivity contribution in [2.24, 2.45) is 5.92 Å². The van der Waals surface area contributed by atoms with Crippen LogP contribution in [0.3, 0.4) is 0 Å². The minimum absolute atomic E-state index is 0.0549. The number of carbonyl (C=O) groups is 1. The van der Waals surface area contributed by atoms with Crippen molar-refractivity contribution in [1.82, 2.24) is 0 Å². The first-order valence-electron chi connectivity index (χ1n) is 6.36. The summed E-state index contributed by atoms with van der Waals surface area (Å²) in [6.45, 7) is 0.401. The van der Waals surface area contributed by atoms with Gasteiger partial charge in [-0.25, -0.2) is 0 Å². The Labute approximate surface area is 103 Å². The van der Waals surface area contributed by atoms with Gasteiger partial charge in [0.1, 0.15) is 6.61 Å². The molecule has 17 heavy (non-hydrogen) atoms. The third-order valence-electron chi connectivity index (χ3n) is 3.26. The van der Waals surface area contributed by atoms with E-state index in [-0.39, 0.29) is 5.97 Å². The fourth-order valence-electron chi connectivity index (χ4n) is 2.23. The minimum atomic E-state index is -0.0549. The molecule has 2 heteroatoms. The molecule has 0 N–H and O–H groups in total. The zero-order valence-corrected chi connectivity index (χ0v) is 10.1. The normalized spacial score (nSPS) is 16.7. The highest BCUT2D eigenvalue weighted by Crippen LogP contribution is 2.25. The lowest BCUT2D eigenvalue weighted by molar-refractivity contribution is -0.146. The van der Waals surface area contributed by atoms with Gasteiger partial charge in [0.15, 0.2) is 0 Å². The molecule has 0 spiro atoms. The summed E-state index contributed by atoms with van der Waals surface area (Å²) < 4.78 is 5.28. The Morgan fingerprint density at radius 1 is 1.18 bits per heavy atom. The van der Waals surface area contributed by atoms with Crippen LogP contribution >= 0.6 is 0 Å². The summed E-state index contributed by atoms with van der Waals surface area (Å²) in [5, 5.41) is 0. The number of benzene rings is 1. The molecule has 1 aromatic rings. The van der Waals surface area contributed by atoms with E-state index < -0.39 is 0 Å². The molecule has 1 aliphatic rings. The van der Waals surface area contributed by atoms with E-state index in [1.807, 2.05) is 30.3 Å². The highest BCUT2D eigenvalue weighted by atomic mass is 16.5. The van der Waals surface area contributed by atoms with Crippen LogP contribution in [0.2, 0.25) is 0 Å². The molecule has 0 bridgehead atoms. The summed E-state index contributed by atoms with van der Waals surface area (Å²) in [5.41, 5.74) is 1.05. The van der Waals surface area contributed by atoms with Crippen LogP contribution in [0.1, 0.15) is 37.7 Å². The molecular weight excluding hydrogens is 212 g/mol. The fourth-order valence-corrected chi connectivity index (χ4v) is 2.23. The first-order chi connectivity index (χ1) is 8.34. The summed E-state index contributed by atoms with van der Waals surface area (Å²) in [6.07, 6.45) is 7.47. The lowest BCUT2D eigenvalue weighted by Crippen LogP contribution is -2.14. The van der Waals surface area contributed by atoms with Gasteiger partial charge in [-0.2, -0.15) is 0 Å². The smallest absolute Gasteiger partial charge is 0.306 e. The van der Waals surface area contributed by atoms with Crippen molar-refractivity contribution in [3.63, 3.8) is 0 Å². The van der Waals surface area contributed by atoms with Crippen molar-refractivity contribution in [2.75, 3.05) is 0 Å². The molecule has 0 saturated heterocycles. The molecule has 0 aliphatic heterocycles. The molecular formula is C15H19O2. The zero-order valence-electron chi connectivity index (χ0n) is 10.1. The van der Waals surface area contributed by atoms with Gasteiger partial charge in [0.2, 0.25) is 0 Å². The maximum absolute atomic E-state index is 11.7. The van der Waals surface area contributed by atoms with E-state index in [0.29, 0.717) is 18.9 Å². The standard InChI is InChI=1S/C15H19O2/c16-15(11-13-7-3-1-4-8-13)17-12-14-9-5-2-6-10-14/h1-2,5-6,9-10,13H,3-4,7-8,11-12H2. The highest BCUT2D eigenvalue weighted by molar-refractivity contribution is 5.69. The molecule has 91 valence electrons. The van der Waals surface area contributed by atoms with E-state index in [1.54, 1.807) is 0 Å².